The molecular formula is C31H37F3N6O6. The fourth-order valence-corrected chi connectivity index (χ4v) is 4.47. The highest BCUT2D eigenvalue weighted by Crippen LogP contribution is 2.32. The third-order valence-electron chi connectivity index (χ3n) is 6.59. The van der Waals surface area contributed by atoms with Gasteiger partial charge in [0, 0.05) is 51.6 Å². The van der Waals surface area contributed by atoms with Gasteiger partial charge in [0.05, 0.1) is 5.56 Å². The molecule has 15 heteroatoms. The molecule has 0 aliphatic carbocycles. The molecule has 0 spiro atoms. The molecule has 6 amide bonds. The van der Waals surface area contributed by atoms with Gasteiger partial charge < -0.3 is 32.3 Å². The maximum Gasteiger partial charge on any atom is 0.416 e. The molecule has 0 saturated heterocycles. The van der Waals surface area contributed by atoms with Gasteiger partial charge in [-0.1, -0.05) is 48.5 Å². The highest BCUT2D eigenvalue weighted by Gasteiger charge is 2.34. The van der Waals surface area contributed by atoms with E-state index < -0.39 is 65.8 Å². The van der Waals surface area contributed by atoms with Gasteiger partial charge in [-0.15, -0.1) is 0 Å². The minimum atomic E-state index is -4.68. The summed E-state index contributed by atoms with van der Waals surface area (Å²) in [5.41, 5.74) is 5.11. The standard InChI is InChI=1S/C31H37F3N6O6/c1-19(41)38-22(16-20-8-4-3-5-9-20)18-28(44)37-15-14-24(29(35)45)39-26(42)12-13-27(43)40-25(30(46)36-2)17-21-10-6-7-11-23(21)31(32,33)34/h3-13,22,24-25H,14-18H2,1-2H3,(H2,35,45)(H,36,46)(H,37,44)(H,38,41)(H,39,42)(H,40,43)/b13-12-/t22-,24-,25-/m1/s1. The van der Waals surface area contributed by atoms with Crippen molar-refractivity contribution in [3.8, 4) is 0 Å². The van der Waals surface area contributed by atoms with Crippen molar-refractivity contribution in [2.45, 2.75) is 56.9 Å². The Kier molecular flexibility index (Phi) is 14.4. The minimum absolute atomic E-state index is 0.0429. The Morgan fingerprint density at radius 1 is 0.826 bits per heavy atom. The van der Waals surface area contributed by atoms with Crippen molar-refractivity contribution in [1.29, 1.82) is 0 Å². The zero-order chi connectivity index (χ0) is 34.3. The van der Waals surface area contributed by atoms with E-state index in [0.717, 1.165) is 23.8 Å². The van der Waals surface area contributed by atoms with Gasteiger partial charge in [0.2, 0.25) is 35.4 Å². The van der Waals surface area contributed by atoms with E-state index in [1.165, 1.54) is 32.2 Å². The smallest absolute Gasteiger partial charge is 0.368 e. The molecule has 248 valence electrons. The predicted molar refractivity (Wildman–Crippen MR) is 161 cm³/mol. The Balaban J connectivity index is 1.92. The Labute approximate surface area is 263 Å². The van der Waals surface area contributed by atoms with Crippen LogP contribution in [0.4, 0.5) is 13.2 Å². The number of nitrogens with two attached hydrogens (primary N) is 1. The van der Waals surface area contributed by atoms with Crippen molar-refractivity contribution in [2.75, 3.05) is 13.6 Å². The number of likely N-dealkylation sites (N-methyl/N-ethyl adjacent to an activating group) is 1. The van der Waals surface area contributed by atoms with E-state index in [4.69, 9.17) is 5.73 Å². The van der Waals surface area contributed by atoms with Crippen LogP contribution in [0.1, 0.15) is 36.5 Å². The van der Waals surface area contributed by atoms with Crippen LogP contribution in [0.3, 0.4) is 0 Å². The second kappa shape index (κ2) is 17.9. The SMILES string of the molecule is CNC(=O)[C@@H](Cc1ccccc1C(F)(F)F)NC(=O)/C=C\C(=O)N[C@H](CCNC(=O)C[C@@H](Cc1ccccc1)NC(C)=O)C(N)=O. The first-order valence-electron chi connectivity index (χ1n) is 14.2. The first-order valence-corrected chi connectivity index (χ1v) is 14.2. The van der Waals surface area contributed by atoms with Crippen LogP contribution in [0.2, 0.25) is 0 Å². The van der Waals surface area contributed by atoms with Crippen molar-refractivity contribution in [1.82, 2.24) is 26.6 Å². The molecule has 3 atom stereocenters. The summed E-state index contributed by atoms with van der Waals surface area (Å²) in [7, 11) is 1.25. The lowest BCUT2D eigenvalue weighted by molar-refractivity contribution is -0.138. The monoisotopic (exact) mass is 646 g/mol. The number of rotatable bonds is 16. The third kappa shape index (κ3) is 13.2. The van der Waals surface area contributed by atoms with Crippen LogP contribution in [0, 0.1) is 0 Å². The third-order valence-corrected chi connectivity index (χ3v) is 6.59. The summed E-state index contributed by atoms with van der Waals surface area (Å²) in [4.78, 5) is 73.1. The number of amides is 6. The number of primary amides is 1. The first kappa shape index (κ1) is 37.0. The van der Waals surface area contributed by atoms with Gasteiger partial charge in [0.1, 0.15) is 12.1 Å². The van der Waals surface area contributed by atoms with Crippen LogP contribution in [0.15, 0.2) is 66.7 Å². The van der Waals surface area contributed by atoms with Gasteiger partial charge in [-0.3, -0.25) is 28.8 Å². The van der Waals surface area contributed by atoms with Crippen molar-refractivity contribution in [2.24, 2.45) is 5.73 Å². The number of hydrogen-bond acceptors (Lipinski definition) is 6. The van der Waals surface area contributed by atoms with E-state index in [2.05, 4.69) is 26.6 Å². The molecule has 12 nitrogen and oxygen atoms in total. The fraction of sp³-hybridized carbons (Fsp3) is 0.355. The maximum atomic E-state index is 13.4. The largest absolute Gasteiger partial charge is 0.416 e. The van der Waals surface area contributed by atoms with Crippen LogP contribution < -0.4 is 32.3 Å². The summed E-state index contributed by atoms with van der Waals surface area (Å²) >= 11 is 0. The second-order valence-corrected chi connectivity index (χ2v) is 10.3. The van der Waals surface area contributed by atoms with Crippen molar-refractivity contribution in [3.05, 3.63) is 83.4 Å². The van der Waals surface area contributed by atoms with Gasteiger partial charge in [-0.05, 0) is 30.0 Å². The molecule has 0 aromatic heterocycles. The lowest BCUT2D eigenvalue weighted by Gasteiger charge is -2.19. The van der Waals surface area contributed by atoms with E-state index in [-0.39, 0.29) is 30.9 Å². The number of benzene rings is 2. The first-order chi connectivity index (χ1) is 21.7. The molecule has 0 fully saturated rings. The summed E-state index contributed by atoms with van der Waals surface area (Å²) in [5.74, 6) is -4.25. The average Bonchev–Trinajstić information content (AvgIpc) is 2.98. The van der Waals surface area contributed by atoms with Crippen LogP contribution in [0.25, 0.3) is 0 Å². The average molecular weight is 647 g/mol. The zero-order valence-electron chi connectivity index (χ0n) is 25.3. The molecule has 2 aromatic rings. The van der Waals surface area contributed by atoms with Gasteiger partial charge in [-0.25, -0.2) is 0 Å². The normalized spacial score (nSPS) is 13.2. The molecule has 0 saturated carbocycles. The molecule has 2 rings (SSSR count). The number of carbonyl (C=O) groups is 6. The number of hydrogen-bond donors (Lipinski definition) is 6. The van der Waals surface area contributed by atoms with Gasteiger partial charge in [0.25, 0.3) is 0 Å². The molecule has 46 heavy (non-hydrogen) atoms. The highest BCUT2D eigenvalue weighted by atomic mass is 19.4. The molecule has 0 heterocycles. The Hall–Kier alpha value is -5.21. The van der Waals surface area contributed by atoms with Crippen LogP contribution in [-0.4, -0.2) is 67.2 Å². The summed E-state index contributed by atoms with van der Waals surface area (Å²) in [5, 5.41) is 12.2. The summed E-state index contributed by atoms with van der Waals surface area (Å²) < 4.78 is 40.2. The Morgan fingerprint density at radius 3 is 1.98 bits per heavy atom. The van der Waals surface area contributed by atoms with E-state index in [0.29, 0.717) is 6.42 Å². The van der Waals surface area contributed by atoms with E-state index in [1.54, 1.807) is 0 Å². The molecule has 0 radical (unpaired) electrons. The molecule has 2 aromatic carbocycles. The van der Waals surface area contributed by atoms with Crippen molar-refractivity contribution < 1.29 is 41.9 Å². The molecule has 0 aliphatic heterocycles. The van der Waals surface area contributed by atoms with Crippen LogP contribution in [-0.2, 0) is 47.8 Å². The molecule has 7 N–H and O–H groups in total. The summed E-state index contributed by atoms with van der Waals surface area (Å²) in [6.45, 7) is 1.29. The highest BCUT2D eigenvalue weighted by molar-refractivity contribution is 5.99. The summed E-state index contributed by atoms with van der Waals surface area (Å²) in [6.07, 6.45) is -3.37. The second-order valence-electron chi connectivity index (χ2n) is 10.3. The number of halogens is 3. The van der Waals surface area contributed by atoms with Crippen molar-refractivity contribution in [3.63, 3.8) is 0 Å². The quantitative estimate of drug-likeness (QED) is 0.145. The maximum absolute atomic E-state index is 13.4. The Bertz CT molecular complexity index is 1420. The Morgan fingerprint density at radius 2 is 1.41 bits per heavy atom. The predicted octanol–water partition coefficient (Wildman–Crippen LogP) is 0.649. The topological polar surface area (TPSA) is 189 Å². The van der Waals surface area contributed by atoms with E-state index in [9.17, 15) is 41.9 Å². The van der Waals surface area contributed by atoms with Crippen molar-refractivity contribution >= 4 is 35.4 Å². The van der Waals surface area contributed by atoms with Gasteiger partial charge in [0.15, 0.2) is 0 Å². The number of alkyl halides is 3. The van der Waals surface area contributed by atoms with Gasteiger partial charge >= 0.3 is 6.18 Å². The molecule has 0 bridgehead atoms. The van der Waals surface area contributed by atoms with E-state index >= 15 is 0 Å². The van der Waals surface area contributed by atoms with Crippen LogP contribution >= 0.6 is 0 Å². The molecular weight excluding hydrogens is 609 g/mol. The lowest BCUT2D eigenvalue weighted by Crippen LogP contribution is -2.47. The number of nitrogens with one attached hydrogen (secondary N) is 5. The van der Waals surface area contributed by atoms with E-state index in [1.807, 2.05) is 30.3 Å². The zero-order valence-corrected chi connectivity index (χ0v) is 25.3. The van der Waals surface area contributed by atoms with Crippen LogP contribution in [0.5, 0.6) is 0 Å². The minimum Gasteiger partial charge on any atom is -0.368 e. The van der Waals surface area contributed by atoms with Gasteiger partial charge in [-0.2, -0.15) is 13.2 Å². The summed E-state index contributed by atoms with van der Waals surface area (Å²) in [6, 6.07) is 10.8. The lowest BCUT2D eigenvalue weighted by atomic mass is 9.99. The molecule has 0 aliphatic rings. The number of carbonyl (C=O) groups excluding carboxylic acids is 6. The molecule has 0 unspecified atom stereocenters. The fourth-order valence-electron chi connectivity index (χ4n) is 4.47.